The number of rotatable bonds is 5. The molecule has 1 fully saturated rings. The minimum Gasteiger partial charge on any atom is -0.492 e. The predicted octanol–water partition coefficient (Wildman–Crippen LogP) is 2.79. The van der Waals surface area contributed by atoms with Crippen LogP contribution in [-0.2, 0) is 0 Å². The number of amides is 1. The van der Waals surface area contributed by atoms with Gasteiger partial charge in [0.15, 0.2) is 0 Å². The lowest BCUT2D eigenvalue weighted by Crippen LogP contribution is -2.33. The Morgan fingerprint density at radius 1 is 1.14 bits per heavy atom. The van der Waals surface area contributed by atoms with Gasteiger partial charge in [-0.25, -0.2) is 9.36 Å². The van der Waals surface area contributed by atoms with Crippen LogP contribution in [0.1, 0.15) is 19.3 Å². The SMILES string of the molecule is NC(=O)n1cccc(-c2cc3cc(OCCN4CCCCC4)ccc3[nH]2)c1=O. The maximum atomic E-state index is 12.5. The molecule has 1 saturated heterocycles. The smallest absolute Gasteiger partial charge is 0.325 e. The molecule has 1 aromatic carbocycles. The standard InChI is InChI=1S/C21H24N4O3/c22-21(27)25-10-4-5-17(20(25)26)19-14-15-13-16(6-7-18(15)23-19)28-12-11-24-8-2-1-3-9-24/h4-7,10,13-14,23H,1-3,8-9,11-12H2,(H2,22,27). The fourth-order valence-electron chi connectivity index (χ4n) is 3.69. The number of pyridine rings is 1. The summed E-state index contributed by atoms with van der Waals surface area (Å²) in [5.41, 5.74) is 6.73. The van der Waals surface area contributed by atoms with Gasteiger partial charge < -0.3 is 15.5 Å². The molecule has 1 aliphatic rings. The van der Waals surface area contributed by atoms with Crippen LogP contribution in [0.3, 0.4) is 0 Å². The molecule has 0 spiro atoms. The van der Waals surface area contributed by atoms with Crippen LogP contribution in [0.15, 0.2) is 47.4 Å². The lowest BCUT2D eigenvalue weighted by molar-refractivity contribution is 0.183. The van der Waals surface area contributed by atoms with Crippen molar-refractivity contribution in [3.8, 4) is 17.0 Å². The molecule has 3 aromatic rings. The van der Waals surface area contributed by atoms with Gasteiger partial charge in [0.1, 0.15) is 12.4 Å². The van der Waals surface area contributed by atoms with Gasteiger partial charge in [0.05, 0.1) is 11.3 Å². The Labute approximate surface area is 162 Å². The molecule has 0 aliphatic carbocycles. The van der Waals surface area contributed by atoms with Crippen LogP contribution in [0.2, 0.25) is 0 Å². The zero-order valence-corrected chi connectivity index (χ0v) is 15.7. The lowest BCUT2D eigenvalue weighted by atomic mass is 10.1. The molecule has 146 valence electrons. The van der Waals surface area contributed by atoms with Crippen molar-refractivity contribution in [2.45, 2.75) is 19.3 Å². The zero-order chi connectivity index (χ0) is 19.5. The Kier molecular flexibility index (Phi) is 5.16. The first-order valence-electron chi connectivity index (χ1n) is 9.61. The molecule has 7 nitrogen and oxygen atoms in total. The number of nitrogens with one attached hydrogen (secondary N) is 1. The minimum atomic E-state index is -0.799. The number of fused-ring (bicyclic) bond motifs is 1. The largest absolute Gasteiger partial charge is 0.492 e. The topological polar surface area (TPSA) is 93.3 Å². The summed E-state index contributed by atoms with van der Waals surface area (Å²) >= 11 is 0. The fourth-order valence-corrected chi connectivity index (χ4v) is 3.69. The molecular weight excluding hydrogens is 356 g/mol. The maximum absolute atomic E-state index is 12.5. The van der Waals surface area contributed by atoms with Crippen molar-refractivity contribution in [1.82, 2.24) is 14.5 Å². The molecule has 2 aromatic heterocycles. The van der Waals surface area contributed by atoms with Crippen molar-refractivity contribution in [3.63, 3.8) is 0 Å². The fraction of sp³-hybridized carbons (Fsp3) is 0.333. The summed E-state index contributed by atoms with van der Waals surface area (Å²) in [6.07, 6.45) is 5.24. The van der Waals surface area contributed by atoms with E-state index in [1.54, 1.807) is 12.1 Å². The average molecular weight is 380 g/mol. The predicted molar refractivity (Wildman–Crippen MR) is 109 cm³/mol. The quantitative estimate of drug-likeness (QED) is 0.712. The number of carbonyl (C=O) groups excluding carboxylic acids is 1. The van der Waals surface area contributed by atoms with E-state index in [9.17, 15) is 9.59 Å². The van der Waals surface area contributed by atoms with Crippen LogP contribution < -0.4 is 16.0 Å². The number of aromatic amines is 1. The van der Waals surface area contributed by atoms with E-state index in [0.717, 1.165) is 40.9 Å². The first-order valence-corrected chi connectivity index (χ1v) is 9.61. The highest BCUT2D eigenvalue weighted by atomic mass is 16.5. The van der Waals surface area contributed by atoms with E-state index in [1.807, 2.05) is 24.3 Å². The van der Waals surface area contributed by atoms with Crippen molar-refractivity contribution in [2.24, 2.45) is 5.73 Å². The van der Waals surface area contributed by atoms with E-state index in [1.165, 1.54) is 25.5 Å². The third kappa shape index (κ3) is 3.80. The normalized spacial score (nSPS) is 15.0. The summed E-state index contributed by atoms with van der Waals surface area (Å²) in [6, 6.07) is 10.2. The Hall–Kier alpha value is -3.06. The van der Waals surface area contributed by atoms with Gasteiger partial charge in [-0.15, -0.1) is 0 Å². The summed E-state index contributed by atoms with van der Waals surface area (Å²) < 4.78 is 6.82. The third-order valence-corrected chi connectivity index (χ3v) is 5.19. The number of nitrogens with zero attached hydrogens (tertiary/aromatic N) is 2. The van der Waals surface area contributed by atoms with Gasteiger partial charge in [0.2, 0.25) is 0 Å². The van der Waals surface area contributed by atoms with Gasteiger partial charge in [0.25, 0.3) is 5.56 Å². The molecule has 28 heavy (non-hydrogen) atoms. The number of carbonyl (C=O) groups is 1. The number of hydrogen-bond donors (Lipinski definition) is 2. The lowest BCUT2D eigenvalue weighted by Gasteiger charge is -2.26. The highest BCUT2D eigenvalue weighted by Gasteiger charge is 2.12. The summed E-state index contributed by atoms with van der Waals surface area (Å²) in [6.45, 7) is 3.91. The van der Waals surface area contributed by atoms with Crippen LogP contribution in [0, 0.1) is 0 Å². The van der Waals surface area contributed by atoms with Gasteiger partial charge in [0, 0.05) is 23.6 Å². The van der Waals surface area contributed by atoms with E-state index in [0.29, 0.717) is 17.9 Å². The molecule has 1 aliphatic heterocycles. The van der Waals surface area contributed by atoms with E-state index >= 15 is 0 Å². The first-order chi connectivity index (χ1) is 13.6. The molecule has 0 unspecified atom stereocenters. The van der Waals surface area contributed by atoms with Gasteiger partial charge >= 0.3 is 6.03 Å². The maximum Gasteiger partial charge on any atom is 0.325 e. The number of H-pyrrole nitrogens is 1. The second-order valence-electron chi connectivity index (χ2n) is 7.12. The third-order valence-electron chi connectivity index (χ3n) is 5.19. The second kappa shape index (κ2) is 7.90. The molecule has 3 heterocycles. The minimum absolute atomic E-state index is 0.394. The molecule has 3 N–H and O–H groups in total. The van der Waals surface area contributed by atoms with Crippen LogP contribution >= 0.6 is 0 Å². The average Bonchev–Trinajstić information content (AvgIpc) is 3.12. The van der Waals surface area contributed by atoms with Crippen LogP contribution in [0.5, 0.6) is 5.75 Å². The van der Waals surface area contributed by atoms with Crippen molar-refractivity contribution < 1.29 is 9.53 Å². The number of aromatic nitrogens is 2. The molecule has 4 rings (SSSR count). The van der Waals surface area contributed by atoms with E-state index < -0.39 is 11.6 Å². The van der Waals surface area contributed by atoms with Gasteiger partial charge in [-0.1, -0.05) is 6.42 Å². The molecular formula is C21H24N4O3. The summed E-state index contributed by atoms with van der Waals surface area (Å²) in [5.74, 6) is 0.803. The summed E-state index contributed by atoms with van der Waals surface area (Å²) in [4.78, 5) is 29.5. The van der Waals surface area contributed by atoms with Crippen LogP contribution in [-0.4, -0.2) is 46.7 Å². The highest BCUT2D eigenvalue weighted by molar-refractivity contribution is 5.87. The molecule has 0 bridgehead atoms. The Bertz CT molecular complexity index is 1050. The Balaban J connectivity index is 1.51. The number of primary amides is 1. The second-order valence-corrected chi connectivity index (χ2v) is 7.12. The number of piperidine rings is 1. The number of benzene rings is 1. The Morgan fingerprint density at radius 2 is 1.96 bits per heavy atom. The summed E-state index contributed by atoms with van der Waals surface area (Å²) in [7, 11) is 0. The molecule has 0 radical (unpaired) electrons. The van der Waals surface area contributed by atoms with Gasteiger partial charge in [-0.2, -0.15) is 0 Å². The van der Waals surface area contributed by atoms with Crippen LogP contribution in [0.4, 0.5) is 4.79 Å². The van der Waals surface area contributed by atoms with E-state index in [2.05, 4.69) is 9.88 Å². The van der Waals surface area contributed by atoms with E-state index in [4.69, 9.17) is 10.5 Å². The number of hydrogen-bond acceptors (Lipinski definition) is 4. The van der Waals surface area contributed by atoms with Crippen molar-refractivity contribution in [2.75, 3.05) is 26.2 Å². The Morgan fingerprint density at radius 3 is 2.75 bits per heavy atom. The van der Waals surface area contributed by atoms with Gasteiger partial charge in [-0.05, 0) is 62.3 Å². The van der Waals surface area contributed by atoms with Gasteiger partial charge in [-0.3, -0.25) is 9.69 Å². The number of ether oxygens (including phenoxy) is 1. The van der Waals surface area contributed by atoms with Crippen LogP contribution in [0.25, 0.3) is 22.2 Å². The number of nitrogens with two attached hydrogens (primary N) is 1. The first kappa shape index (κ1) is 18.3. The van der Waals surface area contributed by atoms with Crippen molar-refractivity contribution in [1.29, 1.82) is 0 Å². The molecule has 7 heteroatoms. The van der Waals surface area contributed by atoms with Crippen molar-refractivity contribution in [3.05, 3.63) is 52.9 Å². The molecule has 0 atom stereocenters. The molecule has 0 saturated carbocycles. The highest BCUT2D eigenvalue weighted by Crippen LogP contribution is 2.25. The monoisotopic (exact) mass is 380 g/mol. The zero-order valence-electron chi connectivity index (χ0n) is 15.7. The number of likely N-dealkylation sites (tertiary alicyclic amines) is 1. The van der Waals surface area contributed by atoms with E-state index in [-0.39, 0.29) is 0 Å². The summed E-state index contributed by atoms with van der Waals surface area (Å²) in [5, 5.41) is 0.944. The molecule has 1 amide bonds. The van der Waals surface area contributed by atoms with Crippen molar-refractivity contribution >= 4 is 16.9 Å².